The van der Waals surface area contributed by atoms with E-state index in [0.29, 0.717) is 5.82 Å². The van der Waals surface area contributed by atoms with Crippen molar-refractivity contribution < 1.29 is 4.39 Å². The van der Waals surface area contributed by atoms with E-state index in [2.05, 4.69) is 146 Å². The van der Waals surface area contributed by atoms with Crippen molar-refractivity contribution in [2.45, 2.75) is 0 Å². The molecule has 0 radical (unpaired) electrons. The van der Waals surface area contributed by atoms with Gasteiger partial charge in [-0.25, -0.2) is 19.3 Å². The Hall–Kier alpha value is -7.82. The number of rotatable bonds is 6. The Morgan fingerprint density at radius 1 is 0.288 bits per heavy atom. The van der Waals surface area contributed by atoms with Gasteiger partial charge in [0.25, 0.3) is 0 Å². The van der Waals surface area contributed by atoms with E-state index in [1.54, 1.807) is 0 Å². The summed E-state index contributed by atoms with van der Waals surface area (Å²) in [4.78, 5) is 15.6. The number of hydrogen-bond donors (Lipinski definition) is 0. The number of aromatic nitrogens is 3. The van der Waals surface area contributed by atoms with Gasteiger partial charge in [0.1, 0.15) is 5.82 Å². The van der Waals surface area contributed by atoms with E-state index in [9.17, 15) is 4.39 Å². The first-order valence-corrected chi connectivity index (χ1v) is 19.8. The van der Waals surface area contributed by atoms with Crippen molar-refractivity contribution in [3.8, 4) is 67.4 Å². The molecule has 11 aromatic rings. The summed E-state index contributed by atoms with van der Waals surface area (Å²) in [5.41, 5.74) is 11.8. The predicted molar refractivity (Wildman–Crippen MR) is 242 cm³/mol. The van der Waals surface area contributed by atoms with Crippen LogP contribution in [0.25, 0.3) is 111 Å². The molecule has 0 atom stereocenters. The maximum atomic E-state index is 13.7. The zero-order valence-electron chi connectivity index (χ0n) is 31.8. The van der Waals surface area contributed by atoms with Gasteiger partial charge in [-0.15, -0.1) is 0 Å². The quantitative estimate of drug-likeness (QED) is 0.159. The second-order valence-corrected chi connectivity index (χ2v) is 14.9. The molecule has 0 aliphatic heterocycles. The van der Waals surface area contributed by atoms with Gasteiger partial charge in [-0.05, 0) is 68.1 Å². The summed E-state index contributed by atoms with van der Waals surface area (Å²) in [6.07, 6.45) is 0. The molecule has 11 rings (SSSR count). The van der Waals surface area contributed by atoms with Crippen molar-refractivity contribution in [3.63, 3.8) is 0 Å². The predicted octanol–water partition coefficient (Wildman–Crippen LogP) is 14.6. The molecular weight excluding hydrogens is 722 g/mol. The zero-order valence-corrected chi connectivity index (χ0v) is 31.8. The lowest BCUT2D eigenvalue weighted by atomic mass is 9.89. The fraction of sp³-hybridized carbons (Fsp3) is 0. The first-order chi connectivity index (χ1) is 29.1. The molecule has 4 heteroatoms. The normalized spacial score (nSPS) is 11.5. The Morgan fingerprint density at radius 2 is 0.729 bits per heavy atom. The van der Waals surface area contributed by atoms with Crippen LogP contribution in [-0.4, -0.2) is 15.0 Å². The molecule has 276 valence electrons. The SMILES string of the molecule is Fc1ccc(-c2ccc(-c3nc4cc(-c5ccc(-c6nc(-c7ccccc7)cc(-c7ccccc7)n6)cc5)ccc4c4c5ccccc5c5ccccc5c34)cc2)cc1. The Morgan fingerprint density at radius 3 is 1.31 bits per heavy atom. The van der Waals surface area contributed by atoms with Crippen LogP contribution in [0.2, 0.25) is 0 Å². The van der Waals surface area contributed by atoms with Gasteiger partial charge in [0.2, 0.25) is 0 Å². The number of benzene rings is 9. The van der Waals surface area contributed by atoms with Gasteiger partial charge in [0.05, 0.1) is 22.6 Å². The second-order valence-electron chi connectivity index (χ2n) is 14.9. The monoisotopic (exact) mass is 755 g/mol. The average Bonchev–Trinajstić information content (AvgIpc) is 3.32. The molecule has 0 N–H and O–H groups in total. The van der Waals surface area contributed by atoms with Gasteiger partial charge in [-0.3, -0.25) is 0 Å². The maximum absolute atomic E-state index is 13.7. The highest BCUT2D eigenvalue weighted by molar-refractivity contribution is 6.33. The van der Waals surface area contributed by atoms with Crippen molar-refractivity contribution in [1.29, 1.82) is 0 Å². The third-order valence-electron chi connectivity index (χ3n) is 11.3. The molecule has 0 amide bonds. The van der Waals surface area contributed by atoms with Gasteiger partial charge >= 0.3 is 0 Å². The minimum atomic E-state index is -0.244. The molecule has 0 unspecified atom stereocenters. The summed E-state index contributed by atoms with van der Waals surface area (Å²) >= 11 is 0. The van der Waals surface area contributed by atoms with E-state index in [4.69, 9.17) is 15.0 Å². The molecule has 0 aliphatic rings. The van der Waals surface area contributed by atoms with Gasteiger partial charge in [-0.2, -0.15) is 0 Å². The minimum absolute atomic E-state index is 0.244. The molecule has 0 saturated heterocycles. The van der Waals surface area contributed by atoms with E-state index in [0.717, 1.165) is 77.9 Å². The van der Waals surface area contributed by atoms with E-state index in [-0.39, 0.29) is 5.82 Å². The molecule has 9 aromatic carbocycles. The minimum Gasteiger partial charge on any atom is -0.247 e. The van der Waals surface area contributed by atoms with Crippen molar-refractivity contribution in [3.05, 3.63) is 212 Å². The Balaban J connectivity index is 1.06. The molecule has 0 aliphatic carbocycles. The highest BCUT2D eigenvalue weighted by Gasteiger charge is 2.19. The summed E-state index contributed by atoms with van der Waals surface area (Å²) in [5.74, 6) is 0.435. The molecule has 0 saturated carbocycles. The van der Waals surface area contributed by atoms with E-state index in [1.807, 2.05) is 48.5 Å². The fourth-order valence-corrected chi connectivity index (χ4v) is 8.43. The van der Waals surface area contributed by atoms with Crippen LogP contribution in [0, 0.1) is 5.82 Å². The topological polar surface area (TPSA) is 38.7 Å². The molecule has 0 fully saturated rings. The van der Waals surface area contributed by atoms with Crippen molar-refractivity contribution >= 4 is 43.2 Å². The molecule has 2 heterocycles. The number of halogens is 1. The summed E-state index contributed by atoms with van der Waals surface area (Å²) < 4.78 is 13.7. The third kappa shape index (κ3) is 6.19. The lowest BCUT2D eigenvalue weighted by Crippen LogP contribution is -1.96. The van der Waals surface area contributed by atoms with Crippen molar-refractivity contribution in [2.24, 2.45) is 0 Å². The van der Waals surface area contributed by atoms with Crippen molar-refractivity contribution in [2.75, 3.05) is 0 Å². The smallest absolute Gasteiger partial charge is 0.160 e. The van der Waals surface area contributed by atoms with Gasteiger partial charge < -0.3 is 0 Å². The van der Waals surface area contributed by atoms with Crippen LogP contribution in [-0.2, 0) is 0 Å². The van der Waals surface area contributed by atoms with Crippen LogP contribution < -0.4 is 0 Å². The largest absolute Gasteiger partial charge is 0.247 e. The number of hydrogen-bond acceptors (Lipinski definition) is 3. The van der Waals surface area contributed by atoms with Gasteiger partial charge in [0.15, 0.2) is 5.82 Å². The van der Waals surface area contributed by atoms with Crippen LogP contribution in [0.4, 0.5) is 4.39 Å². The summed E-state index contributed by atoms with van der Waals surface area (Å²) in [6, 6.07) is 70.2. The van der Waals surface area contributed by atoms with Crippen LogP contribution in [0.5, 0.6) is 0 Å². The van der Waals surface area contributed by atoms with E-state index < -0.39 is 0 Å². The third-order valence-corrected chi connectivity index (χ3v) is 11.3. The highest BCUT2D eigenvalue weighted by Crippen LogP contribution is 2.43. The molecule has 0 spiro atoms. The molecule has 59 heavy (non-hydrogen) atoms. The Bertz CT molecular complexity index is 3290. The van der Waals surface area contributed by atoms with Crippen molar-refractivity contribution in [1.82, 2.24) is 15.0 Å². The lowest BCUT2D eigenvalue weighted by Gasteiger charge is -2.17. The highest BCUT2D eigenvalue weighted by atomic mass is 19.1. The first-order valence-electron chi connectivity index (χ1n) is 19.8. The summed E-state index contributed by atoms with van der Waals surface area (Å²) in [7, 11) is 0. The fourth-order valence-electron chi connectivity index (χ4n) is 8.43. The number of fused-ring (bicyclic) bond motifs is 8. The molecule has 3 nitrogen and oxygen atoms in total. The van der Waals surface area contributed by atoms with E-state index in [1.165, 1.54) is 39.1 Å². The second kappa shape index (κ2) is 14.3. The van der Waals surface area contributed by atoms with Crippen LogP contribution >= 0.6 is 0 Å². The van der Waals surface area contributed by atoms with E-state index >= 15 is 0 Å². The molecule has 0 bridgehead atoms. The van der Waals surface area contributed by atoms with Gasteiger partial charge in [-0.1, -0.05) is 182 Å². The van der Waals surface area contributed by atoms with Crippen LogP contribution in [0.15, 0.2) is 206 Å². The summed E-state index contributed by atoms with van der Waals surface area (Å²) in [5, 5.41) is 8.21. The first kappa shape index (κ1) is 34.4. The number of nitrogens with zero attached hydrogens (tertiary/aromatic N) is 3. The van der Waals surface area contributed by atoms with Crippen LogP contribution in [0.1, 0.15) is 0 Å². The number of pyridine rings is 1. The van der Waals surface area contributed by atoms with Crippen LogP contribution in [0.3, 0.4) is 0 Å². The average molecular weight is 756 g/mol. The Kier molecular flexibility index (Phi) is 8.34. The molecule has 2 aromatic heterocycles. The maximum Gasteiger partial charge on any atom is 0.160 e. The van der Waals surface area contributed by atoms with Gasteiger partial charge in [0, 0.05) is 38.4 Å². The lowest BCUT2D eigenvalue weighted by molar-refractivity contribution is 0.628. The Labute approximate surface area is 340 Å². The zero-order chi connectivity index (χ0) is 39.3. The summed E-state index contributed by atoms with van der Waals surface area (Å²) in [6.45, 7) is 0. The molecular formula is C55H34FN3. The standard InChI is InChI=1S/C55H34FN3/c56-43-30-27-36(28-31-43)35-19-23-40(24-20-35)54-53-47-18-10-8-16-45(47)44-15-7-9-17-46(44)52(53)48-32-29-42(33-51(48)57-54)37-21-25-41(26-22-37)55-58-49(38-11-3-1-4-12-38)34-50(59-55)39-13-5-2-6-14-39/h1-34H.